The number of anilines is 1. The SMILES string of the molecule is Nc1nc(Cl)c2c(n1)N=C=N2. The first-order valence-electron chi connectivity index (χ1n) is 2.77. The summed E-state index contributed by atoms with van der Waals surface area (Å²) < 4.78 is 0. The molecule has 0 bridgehead atoms. The highest BCUT2D eigenvalue weighted by atomic mass is 35.5. The van der Waals surface area contributed by atoms with Crippen molar-refractivity contribution in [2.75, 3.05) is 5.73 Å². The Labute approximate surface area is 66.7 Å². The molecule has 0 aliphatic carbocycles. The van der Waals surface area contributed by atoms with Gasteiger partial charge in [-0.15, -0.1) is 0 Å². The van der Waals surface area contributed by atoms with E-state index in [0.29, 0.717) is 11.5 Å². The van der Waals surface area contributed by atoms with Crippen LogP contribution in [0.15, 0.2) is 9.98 Å². The highest BCUT2D eigenvalue weighted by molar-refractivity contribution is 6.32. The first kappa shape index (κ1) is 6.27. The number of rotatable bonds is 0. The molecule has 0 unspecified atom stereocenters. The molecule has 0 aromatic carbocycles. The maximum absolute atomic E-state index is 5.65. The lowest BCUT2D eigenvalue weighted by Crippen LogP contribution is -1.93. The minimum absolute atomic E-state index is 0.0939. The zero-order chi connectivity index (χ0) is 7.84. The highest BCUT2D eigenvalue weighted by Crippen LogP contribution is 2.34. The molecule has 0 fully saturated rings. The van der Waals surface area contributed by atoms with Crippen molar-refractivity contribution in [3.05, 3.63) is 5.15 Å². The molecule has 0 spiro atoms. The molecule has 2 heterocycles. The lowest BCUT2D eigenvalue weighted by atomic mass is 10.5. The molecule has 5 nitrogen and oxygen atoms in total. The topological polar surface area (TPSA) is 76.5 Å². The van der Waals surface area contributed by atoms with Gasteiger partial charge in [-0.1, -0.05) is 11.6 Å². The van der Waals surface area contributed by atoms with Crippen LogP contribution in [0.2, 0.25) is 5.15 Å². The Balaban J connectivity index is 2.73. The predicted octanol–water partition coefficient (Wildman–Crippen LogP) is 1.16. The molecule has 0 saturated heterocycles. The van der Waals surface area contributed by atoms with Gasteiger partial charge >= 0.3 is 0 Å². The molecule has 2 rings (SSSR count). The zero-order valence-electron chi connectivity index (χ0n) is 5.24. The van der Waals surface area contributed by atoms with Crippen molar-refractivity contribution in [1.82, 2.24) is 9.97 Å². The fourth-order valence-electron chi connectivity index (χ4n) is 0.729. The highest BCUT2D eigenvalue weighted by Gasteiger charge is 2.12. The van der Waals surface area contributed by atoms with Crippen LogP contribution in [0.5, 0.6) is 0 Å². The summed E-state index contributed by atoms with van der Waals surface area (Å²) in [6.45, 7) is 0. The van der Waals surface area contributed by atoms with Gasteiger partial charge in [-0.2, -0.15) is 20.0 Å². The summed E-state index contributed by atoms with van der Waals surface area (Å²) in [4.78, 5) is 14.9. The van der Waals surface area contributed by atoms with Crippen LogP contribution in [0.1, 0.15) is 0 Å². The second-order valence-corrected chi connectivity index (χ2v) is 2.23. The number of aromatic nitrogens is 2. The molecule has 1 aliphatic heterocycles. The van der Waals surface area contributed by atoms with Crippen LogP contribution in [-0.2, 0) is 0 Å². The number of halogens is 1. The van der Waals surface area contributed by atoms with Crippen LogP contribution in [0, 0.1) is 0 Å². The quantitative estimate of drug-likeness (QED) is 0.599. The fourth-order valence-corrected chi connectivity index (χ4v) is 0.942. The van der Waals surface area contributed by atoms with Gasteiger partial charge in [-0.05, 0) is 0 Å². The number of nitrogen functional groups attached to an aromatic ring is 1. The van der Waals surface area contributed by atoms with Gasteiger partial charge in [0.2, 0.25) is 5.95 Å². The molecule has 54 valence electrons. The molecular weight excluding hydrogens is 166 g/mol. The molecule has 0 amide bonds. The number of hydrogen-bond donors (Lipinski definition) is 1. The Morgan fingerprint density at radius 2 is 2.09 bits per heavy atom. The van der Waals surface area contributed by atoms with Crippen molar-refractivity contribution >= 4 is 35.1 Å². The van der Waals surface area contributed by atoms with Gasteiger partial charge < -0.3 is 5.73 Å². The average Bonchev–Trinajstić information content (AvgIpc) is 2.34. The van der Waals surface area contributed by atoms with Gasteiger partial charge in [0.25, 0.3) is 0 Å². The minimum atomic E-state index is 0.0939. The van der Waals surface area contributed by atoms with E-state index in [1.54, 1.807) is 0 Å². The van der Waals surface area contributed by atoms with Gasteiger partial charge in [0.1, 0.15) is 6.01 Å². The zero-order valence-corrected chi connectivity index (χ0v) is 6.00. The summed E-state index contributed by atoms with van der Waals surface area (Å²) in [6, 6.07) is 2.36. The predicted molar refractivity (Wildman–Crippen MR) is 40.6 cm³/mol. The van der Waals surface area contributed by atoms with E-state index in [4.69, 9.17) is 17.3 Å². The van der Waals surface area contributed by atoms with E-state index in [1.807, 2.05) is 0 Å². The normalized spacial score (nSPS) is 12.1. The fraction of sp³-hybridized carbons (Fsp3) is 0. The van der Waals surface area contributed by atoms with E-state index in [-0.39, 0.29) is 11.1 Å². The van der Waals surface area contributed by atoms with Crippen molar-refractivity contribution in [3.8, 4) is 0 Å². The van der Waals surface area contributed by atoms with Gasteiger partial charge in [0.15, 0.2) is 16.7 Å². The molecule has 11 heavy (non-hydrogen) atoms. The Morgan fingerprint density at radius 1 is 1.27 bits per heavy atom. The molecular formula is C5H2ClN5. The van der Waals surface area contributed by atoms with Gasteiger partial charge in [0, 0.05) is 0 Å². The summed E-state index contributed by atoms with van der Waals surface area (Å²) in [7, 11) is 0. The van der Waals surface area contributed by atoms with Crippen LogP contribution >= 0.6 is 11.6 Å². The molecule has 6 heteroatoms. The average molecular weight is 168 g/mol. The lowest BCUT2D eigenvalue weighted by molar-refractivity contribution is 1.18. The van der Waals surface area contributed by atoms with E-state index in [0.717, 1.165) is 0 Å². The third-order valence-corrected chi connectivity index (χ3v) is 1.42. The molecule has 1 aromatic rings. The van der Waals surface area contributed by atoms with Gasteiger partial charge in [-0.3, -0.25) is 0 Å². The number of fused-ring (bicyclic) bond motifs is 1. The Bertz CT molecular complexity index is 379. The van der Waals surface area contributed by atoms with E-state index >= 15 is 0 Å². The van der Waals surface area contributed by atoms with E-state index in [9.17, 15) is 0 Å². The smallest absolute Gasteiger partial charge is 0.223 e. The number of hydrogen-bond acceptors (Lipinski definition) is 5. The van der Waals surface area contributed by atoms with Gasteiger partial charge in [-0.25, -0.2) is 0 Å². The minimum Gasteiger partial charge on any atom is -0.368 e. The van der Waals surface area contributed by atoms with Crippen LogP contribution in [0.4, 0.5) is 17.5 Å². The Morgan fingerprint density at radius 3 is 2.91 bits per heavy atom. The molecule has 1 aromatic heterocycles. The molecule has 0 radical (unpaired) electrons. The largest absolute Gasteiger partial charge is 0.368 e. The van der Waals surface area contributed by atoms with Crippen LogP contribution < -0.4 is 5.73 Å². The van der Waals surface area contributed by atoms with Crippen LogP contribution in [0.3, 0.4) is 0 Å². The Kier molecular flexibility index (Phi) is 1.15. The third kappa shape index (κ3) is 0.869. The molecule has 1 aliphatic rings. The van der Waals surface area contributed by atoms with Crippen molar-refractivity contribution < 1.29 is 0 Å². The van der Waals surface area contributed by atoms with Crippen LogP contribution in [-0.4, -0.2) is 16.0 Å². The summed E-state index contributed by atoms with van der Waals surface area (Å²) in [6.07, 6.45) is 0. The third-order valence-electron chi connectivity index (χ3n) is 1.16. The number of aliphatic imine (C=N–C) groups is 2. The Hall–Kier alpha value is -1.45. The first-order valence-corrected chi connectivity index (χ1v) is 3.14. The van der Waals surface area contributed by atoms with Crippen molar-refractivity contribution in [2.45, 2.75) is 0 Å². The second kappa shape index (κ2) is 2.02. The van der Waals surface area contributed by atoms with Crippen molar-refractivity contribution in [2.24, 2.45) is 9.98 Å². The van der Waals surface area contributed by atoms with Crippen LogP contribution in [0.25, 0.3) is 0 Å². The monoisotopic (exact) mass is 167 g/mol. The maximum atomic E-state index is 5.65. The van der Waals surface area contributed by atoms with Crippen molar-refractivity contribution in [3.63, 3.8) is 0 Å². The molecule has 0 saturated carbocycles. The second-order valence-electron chi connectivity index (χ2n) is 1.87. The molecule has 0 atom stereocenters. The summed E-state index contributed by atoms with van der Waals surface area (Å²) in [5.74, 6) is 0.471. The van der Waals surface area contributed by atoms with E-state index in [2.05, 4.69) is 26.0 Å². The van der Waals surface area contributed by atoms with Crippen molar-refractivity contribution in [1.29, 1.82) is 0 Å². The van der Waals surface area contributed by atoms with E-state index < -0.39 is 0 Å². The summed E-state index contributed by atoms with van der Waals surface area (Å²) in [5.41, 5.74) is 5.73. The first-order chi connectivity index (χ1) is 5.27. The molecule has 2 N–H and O–H groups in total. The summed E-state index contributed by atoms with van der Waals surface area (Å²) >= 11 is 5.65. The lowest BCUT2D eigenvalue weighted by Gasteiger charge is -1.96. The summed E-state index contributed by atoms with van der Waals surface area (Å²) in [5, 5.41) is 0.209. The maximum Gasteiger partial charge on any atom is 0.223 e. The number of nitrogens with zero attached hydrogens (tertiary/aromatic N) is 4. The number of nitrogens with two attached hydrogens (primary N) is 1. The van der Waals surface area contributed by atoms with Gasteiger partial charge in [0.05, 0.1) is 0 Å². The standard InChI is InChI=1S/C5H2ClN5/c6-3-2-4(9-1-8-2)11-5(7)10-3/h(H2,7,10,11). The van der Waals surface area contributed by atoms with E-state index in [1.165, 1.54) is 0 Å².